The highest BCUT2D eigenvalue weighted by atomic mass is 32.2. The van der Waals surface area contributed by atoms with Crippen molar-refractivity contribution in [1.29, 1.82) is 0 Å². The smallest absolute Gasteiger partial charge is 0.355 e. The number of nitrogens with one attached hydrogen (secondary N) is 2. The number of thiazole rings is 2. The minimum absolute atomic E-state index is 0.0474. The molecule has 2 aliphatic rings. The molecule has 380 valence electrons. The zero-order valence-corrected chi connectivity index (χ0v) is 45.0. The summed E-state index contributed by atoms with van der Waals surface area (Å²) in [4.78, 5) is 75.0. The predicted molar refractivity (Wildman–Crippen MR) is 289 cm³/mol. The van der Waals surface area contributed by atoms with Gasteiger partial charge in [-0.1, -0.05) is 120 Å². The van der Waals surface area contributed by atoms with Gasteiger partial charge in [0.2, 0.25) is 5.60 Å². The van der Waals surface area contributed by atoms with Crippen LogP contribution < -0.4 is 19.9 Å². The number of hydrogen-bond acceptors (Lipinski definition) is 16. The van der Waals surface area contributed by atoms with E-state index in [-0.39, 0.29) is 23.7 Å². The Balaban J connectivity index is 1.02. The van der Waals surface area contributed by atoms with E-state index < -0.39 is 51.9 Å². The standard InChI is InChI=1S/C55H53N7O8S4/c1-53(2,3)69-50(66)54(4,5)70-60-42(41-33-72-51(56-41)59-55(36-18-11-8-12-19-36,37-20-13-9-14-21-37)38-22-15-10-16-23-38)45(63)58-43-46(64)62-44(49(65)68-30-34-25-27-39(67-7)28-26-34)35(31-71-48(43)62)32-73-52-57-40-24-17-29-61(6)47(40)74-52/h8-29,33,43,48H,30-32H2,1-7H3,(H-,56,58,59,63)/p+1/b60-42-/t43?,48-/m0/s1. The molecule has 0 saturated carbocycles. The van der Waals surface area contributed by atoms with E-state index in [1.54, 1.807) is 68.9 Å². The second kappa shape index (κ2) is 21.8. The Morgan fingerprint density at radius 3 is 2.08 bits per heavy atom. The van der Waals surface area contributed by atoms with Crippen LogP contribution in [0.15, 0.2) is 160 Å². The third-order valence-electron chi connectivity index (χ3n) is 12.1. The van der Waals surface area contributed by atoms with Gasteiger partial charge in [0.1, 0.15) is 58.9 Å². The van der Waals surface area contributed by atoms with Crippen LogP contribution in [0.1, 0.15) is 62.6 Å². The van der Waals surface area contributed by atoms with Gasteiger partial charge in [-0.3, -0.25) is 14.5 Å². The molecule has 0 aliphatic carbocycles. The Morgan fingerprint density at radius 2 is 1.49 bits per heavy atom. The maximum Gasteiger partial charge on any atom is 0.355 e. The molecule has 5 heterocycles. The SMILES string of the molecule is COc1ccc(COC(=O)C2=C(CSc3nc4ccc[n+](C)c4s3)CS[C@H]3C(NC(=O)/C(=N\OC(C)(C)C(=O)OC(C)(C)C)c4csc(NC(c5ccccc5)(c5ccccc5)c5ccccc5)n4)C(=O)N23)cc1. The number of oxime groups is 1. The summed E-state index contributed by atoms with van der Waals surface area (Å²) in [5, 5.41) is 12.4. The van der Waals surface area contributed by atoms with Crippen molar-refractivity contribution in [2.24, 2.45) is 12.2 Å². The van der Waals surface area contributed by atoms with Gasteiger partial charge < -0.3 is 29.7 Å². The van der Waals surface area contributed by atoms with Gasteiger partial charge in [0.05, 0.1) is 7.11 Å². The van der Waals surface area contributed by atoms with Crippen molar-refractivity contribution in [2.75, 3.05) is 23.9 Å². The number of carbonyl (C=O) groups is 4. The van der Waals surface area contributed by atoms with Crippen molar-refractivity contribution in [3.63, 3.8) is 0 Å². The Labute approximate surface area is 445 Å². The quantitative estimate of drug-likeness (QED) is 0.0159. The molecule has 0 radical (unpaired) electrons. The van der Waals surface area contributed by atoms with Gasteiger partial charge in [-0.15, -0.1) is 23.1 Å². The van der Waals surface area contributed by atoms with Crippen LogP contribution in [0.4, 0.5) is 5.13 Å². The topological polar surface area (TPSA) is 175 Å². The summed E-state index contributed by atoms with van der Waals surface area (Å²) in [7, 11) is 3.54. The molecule has 19 heteroatoms. The van der Waals surface area contributed by atoms with E-state index in [1.165, 1.54) is 53.6 Å². The highest BCUT2D eigenvalue weighted by Gasteiger charge is 2.55. The first-order chi connectivity index (χ1) is 35.5. The number of hydrogen-bond donors (Lipinski definition) is 2. The molecule has 7 aromatic rings. The number of amides is 2. The number of thioether (sulfide) groups is 2. The van der Waals surface area contributed by atoms with Crippen molar-refractivity contribution in [2.45, 2.75) is 73.7 Å². The first-order valence-corrected chi connectivity index (χ1v) is 27.3. The van der Waals surface area contributed by atoms with E-state index in [4.69, 9.17) is 29.0 Å². The number of carbonyl (C=O) groups excluding carboxylic acids is 4. The molecule has 2 aliphatic heterocycles. The number of nitrogens with zero attached hydrogens (tertiary/aromatic N) is 5. The second-order valence-electron chi connectivity index (χ2n) is 18.9. The maximum atomic E-state index is 14.8. The molecule has 9 rings (SSSR count). The number of methoxy groups -OCH3 is 1. The van der Waals surface area contributed by atoms with E-state index in [0.29, 0.717) is 28.0 Å². The lowest BCUT2D eigenvalue weighted by molar-refractivity contribution is -0.642. The summed E-state index contributed by atoms with van der Waals surface area (Å²) in [6.45, 7) is 8.14. The van der Waals surface area contributed by atoms with E-state index in [2.05, 4.69) is 15.8 Å². The summed E-state index contributed by atoms with van der Waals surface area (Å²) in [5.74, 6) is -1.31. The number of pyridine rings is 1. The molecule has 0 spiro atoms. The summed E-state index contributed by atoms with van der Waals surface area (Å²) >= 11 is 5.68. The predicted octanol–water partition coefficient (Wildman–Crippen LogP) is 9.02. The van der Waals surface area contributed by atoms with Crippen molar-refractivity contribution >= 4 is 91.1 Å². The fourth-order valence-electron chi connectivity index (χ4n) is 8.32. The fraction of sp³-hybridized carbons (Fsp3) is 0.273. The van der Waals surface area contributed by atoms with Gasteiger partial charge in [0, 0.05) is 23.0 Å². The van der Waals surface area contributed by atoms with Crippen LogP contribution in [-0.4, -0.2) is 85.6 Å². The van der Waals surface area contributed by atoms with Crippen LogP contribution in [0.5, 0.6) is 5.75 Å². The van der Waals surface area contributed by atoms with Crippen molar-refractivity contribution in [1.82, 2.24) is 20.2 Å². The summed E-state index contributed by atoms with van der Waals surface area (Å²) < 4.78 is 19.6. The summed E-state index contributed by atoms with van der Waals surface area (Å²) in [5.41, 5.74) is 1.61. The molecule has 1 saturated heterocycles. The number of β-lactam (4-membered cyclic amide) rings is 1. The zero-order valence-electron chi connectivity index (χ0n) is 41.7. The molecule has 0 bridgehead atoms. The van der Waals surface area contributed by atoms with Crippen LogP contribution in [-0.2, 0) is 52.7 Å². The average molecular weight is 1070 g/mol. The normalized spacial score (nSPS) is 16.0. The molecule has 2 N–H and O–H groups in total. The molecule has 1 fully saturated rings. The number of aryl methyl sites for hydroxylation is 1. The first kappa shape index (κ1) is 51.8. The molecule has 15 nitrogen and oxygen atoms in total. The average Bonchev–Trinajstić information content (AvgIpc) is 4.07. The van der Waals surface area contributed by atoms with Crippen molar-refractivity contribution in [3.05, 3.63) is 178 Å². The van der Waals surface area contributed by atoms with Crippen molar-refractivity contribution < 1.29 is 42.8 Å². The molecule has 3 aromatic heterocycles. The van der Waals surface area contributed by atoms with Gasteiger partial charge >= 0.3 is 11.9 Å². The van der Waals surface area contributed by atoms with Crippen LogP contribution in [0.25, 0.3) is 10.3 Å². The van der Waals surface area contributed by atoms with E-state index in [0.717, 1.165) is 36.9 Å². The highest BCUT2D eigenvalue weighted by molar-refractivity contribution is 8.02. The lowest BCUT2D eigenvalue weighted by Gasteiger charge is -2.49. The van der Waals surface area contributed by atoms with Crippen LogP contribution in [0, 0.1) is 0 Å². The molecular weight excluding hydrogens is 1010 g/mol. The Bertz CT molecular complexity index is 3150. The summed E-state index contributed by atoms with van der Waals surface area (Å²) in [6.07, 6.45) is 1.96. The second-order valence-corrected chi connectivity index (χ2v) is 23.0. The molecule has 4 aromatic carbocycles. The lowest BCUT2D eigenvalue weighted by atomic mass is 9.77. The van der Waals surface area contributed by atoms with Gasteiger partial charge in [-0.05, 0) is 92.0 Å². The molecule has 1 unspecified atom stereocenters. The van der Waals surface area contributed by atoms with Crippen LogP contribution >= 0.6 is 46.2 Å². The monoisotopic (exact) mass is 1070 g/mol. The minimum Gasteiger partial charge on any atom is -0.497 e. The Hall–Kier alpha value is -7.06. The third kappa shape index (κ3) is 11.1. The van der Waals surface area contributed by atoms with Gasteiger partial charge in [0.15, 0.2) is 21.4 Å². The molecule has 2 amide bonds. The number of anilines is 1. The number of rotatable bonds is 18. The zero-order chi connectivity index (χ0) is 52.2. The van der Waals surface area contributed by atoms with Gasteiger partial charge in [0.25, 0.3) is 16.6 Å². The number of ether oxygens (including phenoxy) is 3. The Kier molecular flexibility index (Phi) is 15.3. The number of aromatic nitrogens is 3. The molecular formula is C55H54N7O8S4+. The van der Waals surface area contributed by atoms with Crippen LogP contribution in [0.3, 0.4) is 0 Å². The summed E-state index contributed by atoms with van der Waals surface area (Å²) in [6, 6.07) is 40.0. The van der Waals surface area contributed by atoms with Gasteiger partial charge in [-0.25, -0.2) is 19.6 Å². The van der Waals surface area contributed by atoms with E-state index in [9.17, 15) is 19.2 Å². The fourth-order valence-corrected chi connectivity index (χ4v) is 12.6. The van der Waals surface area contributed by atoms with Crippen molar-refractivity contribution in [3.8, 4) is 5.75 Å². The minimum atomic E-state index is -1.65. The van der Waals surface area contributed by atoms with Gasteiger partial charge in [-0.2, -0.15) is 4.57 Å². The first-order valence-electron chi connectivity index (χ1n) is 23.6. The molecule has 2 atom stereocenters. The van der Waals surface area contributed by atoms with Crippen LogP contribution in [0.2, 0.25) is 0 Å². The Morgan fingerprint density at radius 1 is 0.851 bits per heavy atom. The maximum absolute atomic E-state index is 14.8. The van der Waals surface area contributed by atoms with E-state index in [1.807, 2.05) is 121 Å². The number of esters is 2. The third-order valence-corrected chi connectivity index (χ3v) is 16.5. The lowest BCUT2D eigenvalue weighted by Crippen LogP contribution is -2.71. The highest BCUT2D eigenvalue weighted by Crippen LogP contribution is 2.44. The number of benzene rings is 4. The molecule has 74 heavy (non-hydrogen) atoms. The van der Waals surface area contributed by atoms with E-state index >= 15 is 0 Å². The number of fused-ring (bicyclic) bond motifs is 2. The largest absolute Gasteiger partial charge is 0.497 e.